The van der Waals surface area contributed by atoms with Crippen LogP contribution in [0.1, 0.15) is 21.6 Å². The van der Waals surface area contributed by atoms with Crippen LogP contribution in [0.4, 0.5) is 0 Å². The Kier molecular flexibility index (Phi) is 4.36. The van der Waals surface area contributed by atoms with Crippen LogP contribution in [0.25, 0.3) is 11.3 Å². The van der Waals surface area contributed by atoms with E-state index in [2.05, 4.69) is 16.9 Å². The first kappa shape index (κ1) is 15.6. The molecular formula is C17H20N4O2. The third kappa shape index (κ3) is 2.95. The van der Waals surface area contributed by atoms with E-state index in [1.54, 1.807) is 11.1 Å². The second-order valence-electron chi connectivity index (χ2n) is 5.61. The molecule has 6 nitrogen and oxygen atoms in total. The van der Waals surface area contributed by atoms with Crippen LogP contribution in [-0.4, -0.2) is 46.7 Å². The molecule has 0 spiro atoms. The van der Waals surface area contributed by atoms with Gasteiger partial charge < -0.3 is 15.4 Å². The molecule has 2 aromatic rings. The van der Waals surface area contributed by atoms with Gasteiger partial charge in [-0.2, -0.15) is 0 Å². The third-order valence-electron chi connectivity index (χ3n) is 4.13. The Morgan fingerprint density at radius 3 is 2.83 bits per heavy atom. The van der Waals surface area contributed by atoms with Crippen LogP contribution >= 0.6 is 0 Å². The molecule has 2 N–H and O–H groups in total. The number of carbonyl (C=O) groups excluding carboxylic acids is 1. The van der Waals surface area contributed by atoms with E-state index in [0.717, 1.165) is 11.1 Å². The first-order chi connectivity index (χ1) is 11.1. The van der Waals surface area contributed by atoms with Crippen molar-refractivity contribution in [1.82, 2.24) is 14.9 Å². The second kappa shape index (κ2) is 6.44. The molecule has 1 aliphatic rings. The highest BCUT2D eigenvalue weighted by atomic mass is 16.5. The normalized spacial score (nSPS) is 17.5. The molecule has 0 bridgehead atoms. The van der Waals surface area contributed by atoms with Crippen LogP contribution in [-0.2, 0) is 4.74 Å². The Morgan fingerprint density at radius 2 is 2.09 bits per heavy atom. The topological polar surface area (TPSA) is 81.3 Å². The summed E-state index contributed by atoms with van der Waals surface area (Å²) in [5.74, 6) is -0.195. The fourth-order valence-electron chi connectivity index (χ4n) is 2.68. The monoisotopic (exact) mass is 312 g/mol. The number of hydrogen-bond donors (Lipinski definition) is 1. The fraction of sp³-hybridized carbons (Fsp3) is 0.353. The van der Waals surface area contributed by atoms with E-state index >= 15 is 0 Å². The van der Waals surface area contributed by atoms with Gasteiger partial charge in [0.05, 0.1) is 6.61 Å². The van der Waals surface area contributed by atoms with Gasteiger partial charge in [0.2, 0.25) is 0 Å². The molecule has 1 saturated heterocycles. The number of nitrogens with two attached hydrogens (primary N) is 1. The van der Waals surface area contributed by atoms with E-state index in [9.17, 15) is 4.79 Å². The number of ether oxygens (including phenoxy) is 1. The maximum absolute atomic E-state index is 12.9. The zero-order chi connectivity index (χ0) is 16.4. The summed E-state index contributed by atoms with van der Waals surface area (Å²) in [6.45, 7) is 5.37. The van der Waals surface area contributed by atoms with Crippen LogP contribution in [0.15, 0.2) is 30.6 Å². The van der Waals surface area contributed by atoms with Gasteiger partial charge in [-0.05, 0) is 31.0 Å². The lowest BCUT2D eigenvalue weighted by atomic mass is 10.0. The summed E-state index contributed by atoms with van der Waals surface area (Å²) in [4.78, 5) is 23.1. The van der Waals surface area contributed by atoms with E-state index < -0.39 is 6.23 Å². The summed E-state index contributed by atoms with van der Waals surface area (Å²) in [6, 6.07) is 6.01. The van der Waals surface area contributed by atoms with Crippen molar-refractivity contribution in [2.45, 2.75) is 20.1 Å². The van der Waals surface area contributed by atoms with Crippen molar-refractivity contribution in [3.05, 3.63) is 47.4 Å². The molecule has 0 radical (unpaired) electrons. The van der Waals surface area contributed by atoms with Crippen molar-refractivity contribution in [1.29, 1.82) is 0 Å². The van der Waals surface area contributed by atoms with Crippen LogP contribution in [0, 0.1) is 13.8 Å². The van der Waals surface area contributed by atoms with Gasteiger partial charge in [-0.3, -0.25) is 9.78 Å². The van der Waals surface area contributed by atoms with Crippen LogP contribution < -0.4 is 5.73 Å². The summed E-state index contributed by atoms with van der Waals surface area (Å²) in [5, 5.41) is 0. The van der Waals surface area contributed by atoms with Gasteiger partial charge >= 0.3 is 0 Å². The van der Waals surface area contributed by atoms with Crippen molar-refractivity contribution in [2.24, 2.45) is 5.73 Å². The number of rotatable bonds is 3. The molecule has 6 heteroatoms. The number of amides is 1. The zero-order valence-electron chi connectivity index (χ0n) is 13.3. The maximum atomic E-state index is 12.9. The summed E-state index contributed by atoms with van der Waals surface area (Å²) < 4.78 is 5.47. The van der Waals surface area contributed by atoms with Crippen molar-refractivity contribution in [2.75, 3.05) is 19.7 Å². The predicted octanol–water partition coefficient (Wildman–Crippen LogP) is 1.52. The summed E-state index contributed by atoms with van der Waals surface area (Å²) in [5.41, 5.74) is 9.82. The van der Waals surface area contributed by atoms with Gasteiger partial charge in [0, 0.05) is 31.0 Å². The number of aromatic nitrogens is 2. The van der Waals surface area contributed by atoms with E-state index in [0.29, 0.717) is 24.5 Å². The lowest BCUT2D eigenvalue weighted by molar-refractivity contribution is 0.0325. The molecule has 1 unspecified atom stereocenters. The molecular weight excluding hydrogens is 292 g/mol. The van der Waals surface area contributed by atoms with Crippen LogP contribution in [0.3, 0.4) is 0 Å². The summed E-state index contributed by atoms with van der Waals surface area (Å²) >= 11 is 0. The number of hydrogen-bond acceptors (Lipinski definition) is 5. The first-order valence-corrected chi connectivity index (χ1v) is 7.63. The lowest BCUT2D eigenvalue weighted by Crippen LogP contribution is -2.41. The number of aryl methyl sites for hydroxylation is 2. The molecule has 1 amide bonds. The lowest BCUT2D eigenvalue weighted by Gasteiger charge is -2.22. The summed E-state index contributed by atoms with van der Waals surface area (Å²) in [7, 11) is 0. The van der Waals surface area contributed by atoms with E-state index in [1.165, 1.54) is 11.8 Å². The van der Waals surface area contributed by atoms with Crippen molar-refractivity contribution in [3.8, 4) is 11.3 Å². The molecule has 0 aliphatic carbocycles. The highest BCUT2D eigenvalue weighted by molar-refractivity contribution is 5.98. The number of carbonyl (C=O) groups is 1. The Morgan fingerprint density at radius 1 is 1.30 bits per heavy atom. The molecule has 3 rings (SSSR count). The molecule has 0 saturated carbocycles. The highest BCUT2D eigenvalue weighted by Gasteiger charge is 2.31. The minimum atomic E-state index is -0.392. The average molecular weight is 312 g/mol. The van der Waals surface area contributed by atoms with E-state index in [4.69, 9.17) is 10.5 Å². The molecule has 23 heavy (non-hydrogen) atoms. The van der Waals surface area contributed by atoms with E-state index in [-0.39, 0.29) is 12.5 Å². The van der Waals surface area contributed by atoms with Crippen molar-refractivity contribution < 1.29 is 9.53 Å². The number of nitrogens with zero attached hydrogens (tertiary/aromatic N) is 3. The first-order valence-electron chi connectivity index (χ1n) is 7.63. The van der Waals surface area contributed by atoms with Gasteiger partial charge in [0.1, 0.15) is 11.9 Å². The zero-order valence-corrected chi connectivity index (χ0v) is 13.3. The average Bonchev–Trinajstić information content (AvgIpc) is 3.05. The van der Waals surface area contributed by atoms with Gasteiger partial charge in [0.15, 0.2) is 5.69 Å². The van der Waals surface area contributed by atoms with Gasteiger partial charge in [0.25, 0.3) is 5.91 Å². The quantitative estimate of drug-likeness (QED) is 0.929. The van der Waals surface area contributed by atoms with Gasteiger partial charge in [-0.15, -0.1) is 0 Å². The molecule has 1 aromatic carbocycles. The predicted molar refractivity (Wildman–Crippen MR) is 86.8 cm³/mol. The van der Waals surface area contributed by atoms with Gasteiger partial charge in [-0.25, -0.2) is 4.98 Å². The van der Waals surface area contributed by atoms with Crippen LogP contribution in [0.2, 0.25) is 0 Å². The molecule has 120 valence electrons. The molecule has 2 heterocycles. The standard InChI is InChI=1S/C17H20N4O2/c1-11-3-4-13(9-12(11)2)15-16(20-6-5-19-15)17(22)21-7-8-23-14(21)10-18/h3-6,9,14H,7-8,10,18H2,1-2H3. The Labute approximate surface area is 135 Å². The smallest absolute Gasteiger partial charge is 0.276 e. The Balaban J connectivity index is 2.00. The molecule has 1 aromatic heterocycles. The minimum absolute atomic E-state index is 0.195. The number of benzene rings is 1. The molecule has 1 fully saturated rings. The second-order valence-corrected chi connectivity index (χ2v) is 5.61. The largest absolute Gasteiger partial charge is 0.355 e. The van der Waals surface area contributed by atoms with Crippen LogP contribution in [0.5, 0.6) is 0 Å². The Bertz CT molecular complexity index is 732. The molecule has 1 aliphatic heterocycles. The highest BCUT2D eigenvalue weighted by Crippen LogP contribution is 2.24. The fourth-order valence-corrected chi connectivity index (χ4v) is 2.68. The van der Waals surface area contributed by atoms with Gasteiger partial charge in [-0.1, -0.05) is 12.1 Å². The SMILES string of the molecule is Cc1ccc(-c2nccnc2C(=O)N2CCOC2CN)cc1C. The summed E-state index contributed by atoms with van der Waals surface area (Å²) in [6.07, 6.45) is 2.74. The van der Waals surface area contributed by atoms with Crippen molar-refractivity contribution >= 4 is 5.91 Å². The third-order valence-corrected chi connectivity index (χ3v) is 4.13. The van der Waals surface area contributed by atoms with E-state index in [1.807, 2.05) is 25.1 Å². The van der Waals surface area contributed by atoms with Crippen molar-refractivity contribution in [3.63, 3.8) is 0 Å². The Hall–Kier alpha value is -2.31. The molecule has 1 atom stereocenters. The maximum Gasteiger partial charge on any atom is 0.276 e. The minimum Gasteiger partial charge on any atom is -0.355 e.